The lowest BCUT2D eigenvalue weighted by atomic mass is 9.72. The Kier molecular flexibility index (Phi) is 8.32. The van der Waals surface area contributed by atoms with Crippen LogP contribution >= 0.6 is 0 Å². The molecule has 0 aromatic heterocycles. The lowest BCUT2D eigenvalue weighted by Crippen LogP contribution is -2.47. The largest absolute Gasteiger partial charge is 0.380 e. The fraction of sp³-hybridized carbons (Fsp3) is 0.345. The summed E-state index contributed by atoms with van der Waals surface area (Å²) >= 11 is 0. The minimum Gasteiger partial charge on any atom is -0.380 e. The molecule has 1 fully saturated rings. The van der Waals surface area contributed by atoms with Crippen molar-refractivity contribution in [3.8, 4) is 0 Å². The number of amides is 1. The minimum atomic E-state index is -3.79. The van der Waals surface area contributed by atoms with Gasteiger partial charge in [-0.3, -0.25) is 9.52 Å². The van der Waals surface area contributed by atoms with E-state index in [0.717, 1.165) is 11.1 Å². The highest BCUT2D eigenvalue weighted by Crippen LogP contribution is 2.42. The third-order valence-electron chi connectivity index (χ3n) is 7.24. The Morgan fingerprint density at radius 1 is 0.892 bits per heavy atom. The zero-order valence-electron chi connectivity index (χ0n) is 21.4. The van der Waals surface area contributed by atoms with Crippen molar-refractivity contribution in [2.24, 2.45) is 5.92 Å². The van der Waals surface area contributed by atoms with E-state index in [0.29, 0.717) is 50.3 Å². The molecule has 0 spiro atoms. The van der Waals surface area contributed by atoms with Crippen molar-refractivity contribution in [3.05, 3.63) is 102 Å². The second-order valence-corrected chi connectivity index (χ2v) is 11.0. The van der Waals surface area contributed by atoms with Gasteiger partial charge in [0.25, 0.3) is 5.91 Å². The number of nitrogens with one attached hydrogen (secondary N) is 1. The van der Waals surface area contributed by atoms with Gasteiger partial charge in [0.15, 0.2) is 0 Å². The summed E-state index contributed by atoms with van der Waals surface area (Å²) in [6.45, 7) is 5.66. The zero-order chi connectivity index (χ0) is 26.5. The number of hydrogen-bond donors (Lipinski definition) is 2. The Labute approximate surface area is 219 Å². The topological polar surface area (TPSA) is 90.0 Å². The van der Waals surface area contributed by atoms with Crippen LogP contribution in [0.3, 0.4) is 0 Å². The molecule has 0 atom stereocenters. The molecule has 1 amide bonds. The van der Waals surface area contributed by atoms with E-state index in [-0.39, 0.29) is 11.8 Å². The van der Waals surface area contributed by atoms with Crippen molar-refractivity contribution in [1.82, 2.24) is 9.21 Å². The van der Waals surface area contributed by atoms with Gasteiger partial charge in [0.2, 0.25) is 0 Å². The van der Waals surface area contributed by atoms with Gasteiger partial charge in [0, 0.05) is 37.4 Å². The lowest BCUT2D eigenvalue weighted by molar-refractivity contribution is -0.00525. The number of carbonyl (C=O) groups is 1. The van der Waals surface area contributed by atoms with Gasteiger partial charge >= 0.3 is 10.2 Å². The highest BCUT2D eigenvalue weighted by Gasteiger charge is 2.43. The lowest BCUT2D eigenvalue weighted by Gasteiger charge is -2.42. The Hall–Kier alpha value is -3.20. The van der Waals surface area contributed by atoms with Crippen LogP contribution < -0.4 is 4.72 Å². The standard InChI is InChI=1S/C29H35N3O4S/c1-3-31(4-2)28(33)23-15-17-27(18-16-23)30-37(35,36)32-21-19-26(20-22-32)29(34,24-11-7-5-8-12-24)25-13-9-6-10-14-25/h5-18,26,30,34H,3-4,19-22H2,1-2H3. The number of benzene rings is 3. The Bertz CT molecular complexity index is 1230. The van der Waals surface area contributed by atoms with Crippen molar-refractivity contribution in [3.63, 3.8) is 0 Å². The quantitative estimate of drug-likeness (QED) is 0.435. The number of piperidine rings is 1. The first-order valence-electron chi connectivity index (χ1n) is 12.8. The van der Waals surface area contributed by atoms with Crippen molar-refractivity contribution in [2.45, 2.75) is 32.3 Å². The molecule has 0 radical (unpaired) electrons. The molecule has 1 aliphatic rings. The smallest absolute Gasteiger partial charge is 0.301 e. The summed E-state index contributed by atoms with van der Waals surface area (Å²) in [7, 11) is -3.79. The predicted molar refractivity (Wildman–Crippen MR) is 146 cm³/mol. The average Bonchev–Trinajstić information content (AvgIpc) is 2.94. The number of aliphatic hydroxyl groups is 1. The van der Waals surface area contributed by atoms with Crippen molar-refractivity contribution in [1.29, 1.82) is 0 Å². The Morgan fingerprint density at radius 3 is 1.84 bits per heavy atom. The van der Waals surface area contributed by atoms with Crippen LogP contribution in [0.2, 0.25) is 0 Å². The molecule has 196 valence electrons. The molecular formula is C29H35N3O4S. The van der Waals surface area contributed by atoms with E-state index in [1.807, 2.05) is 74.5 Å². The van der Waals surface area contributed by atoms with Crippen LogP contribution in [-0.4, -0.2) is 54.8 Å². The van der Waals surface area contributed by atoms with E-state index in [1.165, 1.54) is 4.31 Å². The summed E-state index contributed by atoms with van der Waals surface area (Å²) in [5, 5.41) is 12.0. The molecular weight excluding hydrogens is 486 g/mol. The summed E-state index contributed by atoms with van der Waals surface area (Å²) in [5.41, 5.74) is 1.33. The van der Waals surface area contributed by atoms with E-state index in [2.05, 4.69) is 4.72 Å². The number of anilines is 1. The molecule has 0 bridgehead atoms. The molecule has 4 rings (SSSR count). The first-order valence-corrected chi connectivity index (χ1v) is 14.2. The minimum absolute atomic E-state index is 0.0780. The summed E-state index contributed by atoms with van der Waals surface area (Å²) in [6.07, 6.45) is 1.02. The normalized spacial score (nSPS) is 15.3. The molecule has 0 saturated carbocycles. The predicted octanol–water partition coefficient (Wildman–Crippen LogP) is 4.47. The summed E-state index contributed by atoms with van der Waals surface area (Å²) in [4.78, 5) is 14.2. The molecule has 8 heteroatoms. The second kappa shape index (κ2) is 11.5. The van der Waals surface area contributed by atoms with Crippen molar-refractivity contribution >= 4 is 21.8 Å². The molecule has 0 aliphatic carbocycles. The number of hydrogen-bond acceptors (Lipinski definition) is 4. The highest BCUT2D eigenvalue weighted by molar-refractivity contribution is 7.90. The highest BCUT2D eigenvalue weighted by atomic mass is 32.2. The third-order valence-corrected chi connectivity index (χ3v) is 8.78. The third kappa shape index (κ3) is 5.71. The monoisotopic (exact) mass is 521 g/mol. The van der Waals surface area contributed by atoms with E-state index in [4.69, 9.17) is 0 Å². The first-order chi connectivity index (χ1) is 17.8. The van der Waals surface area contributed by atoms with Crippen LogP contribution in [0.15, 0.2) is 84.9 Å². The van der Waals surface area contributed by atoms with Gasteiger partial charge in [-0.05, 0) is 68.0 Å². The van der Waals surface area contributed by atoms with Gasteiger partial charge in [-0.2, -0.15) is 12.7 Å². The van der Waals surface area contributed by atoms with Crippen LogP contribution in [-0.2, 0) is 15.8 Å². The fourth-order valence-electron chi connectivity index (χ4n) is 5.12. The molecule has 1 aliphatic heterocycles. The number of rotatable bonds is 9. The molecule has 3 aromatic carbocycles. The molecule has 1 heterocycles. The van der Waals surface area contributed by atoms with Gasteiger partial charge in [0.05, 0.1) is 0 Å². The van der Waals surface area contributed by atoms with Gasteiger partial charge in [-0.1, -0.05) is 60.7 Å². The maximum Gasteiger partial charge on any atom is 0.301 e. The maximum absolute atomic E-state index is 13.1. The zero-order valence-corrected chi connectivity index (χ0v) is 22.2. The molecule has 0 unspecified atom stereocenters. The van der Waals surface area contributed by atoms with Crippen LogP contribution in [0.1, 0.15) is 48.2 Å². The van der Waals surface area contributed by atoms with Crippen LogP contribution in [0.5, 0.6) is 0 Å². The van der Waals surface area contributed by atoms with Gasteiger partial charge in [0.1, 0.15) is 5.60 Å². The van der Waals surface area contributed by atoms with E-state index in [1.54, 1.807) is 29.2 Å². The van der Waals surface area contributed by atoms with E-state index in [9.17, 15) is 18.3 Å². The van der Waals surface area contributed by atoms with Crippen LogP contribution in [0.4, 0.5) is 5.69 Å². The van der Waals surface area contributed by atoms with Gasteiger partial charge in [-0.25, -0.2) is 0 Å². The average molecular weight is 522 g/mol. The molecule has 2 N–H and O–H groups in total. The molecule has 3 aromatic rings. The summed E-state index contributed by atoms with van der Waals surface area (Å²) < 4.78 is 30.4. The fourth-order valence-corrected chi connectivity index (χ4v) is 6.38. The maximum atomic E-state index is 13.1. The molecule has 7 nitrogen and oxygen atoms in total. The first kappa shape index (κ1) is 26.9. The van der Waals surface area contributed by atoms with Gasteiger partial charge < -0.3 is 10.0 Å². The van der Waals surface area contributed by atoms with E-state index < -0.39 is 15.8 Å². The number of nitrogens with zero attached hydrogens (tertiary/aromatic N) is 2. The summed E-state index contributed by atoms with van der Waals surface area (Å²) in [6, 6.07) is 25.7. The second-order valence-electron chi connectivity index (χ2n) is 9.33. The van der Waals surface area contributed by atoms with Gasteiger partial charge in [-0.15, -0.1) is 0 Å². The summed E-state index contributed by atoms with van der Waals surface area (Å²) in [5.74, 6) is -0.222. The van der Waals surface area contributed by atoms with E-state index >= 15 is 0 Å². The van der Waals surface area contributed by atoms with Crippen LogP contribution in [0, 0.1) is 5.92 Å². The molecule has 1 saturated heterocycles. The number of carbonyl (C=O) groups excluding carboxylic acids is 1. The Morgan fingerprint density at radius 2 is 1.38 bits per heavy atom. The SMILES string of the molecule is CCN(CC)C(=O)c1ccc(NS(=O)(=O)N2CCC(C(O)(c3ccccc3)c3ccccc3)CC2)cc1. The Balaban J connectivity index is 1.46. The van der Waals surface area contributed by atoms with Crippen LogP contribution in [0.25, 0.3) is 0 Å². The van der Waals surface area contributed by atoms with Crippen molar-refractivity contribution in [2.75, 3.05) is 30.9 Å². The van der Waals surface area contributed by atoms with Crippen molar-refractivity contribution < 1.29 is 18.3 Å². The molecule has 37 heavy (non-hydrogen) atoms.